The lowest BCUT2D eigenvalue weighted by Crippen LogP contribution is -2.62. The molecule has 0 radical (unpaired) electrons. The first-order valence-electron chi connectivity index (χ1n) is 12.7. The highest BCUT2D eigenvalue weighted by atomic mass is 16.7. The van der Waals surface area contributed by atoms with E-state index in [1.807, 2.05) is 37.3 Å². The third kappa shape index (κ3) is 3.62. The summed E-state index contributed by atoms with van der Waals surface area (Å²) < 4.78 is 11.0. The number of carboxylic acid groups (broad SMARTS) is 1. The van der Waals surface area contributed by atoms with Gasteiger partial charge < -0.3 is 19.7 Å². The molecule has 2 unspecified atom stereocenters. The summed E-state index contributed by atoms with van der Waals surface area (Å²) >= 11 is 0. The summed E-state index contributed by atoms with van der Waals surface area (Å²) in [6.07, 6.45) is 3.84. The van der Waals surface area contributed by atoms with Crippen LogP contribution in [0.15, 0.2) is 42.0 Å². The van der Waals surface area contributed by atoms with E-state index in [4.69, 9.17) is 9.47 Å². The number of ether oxygens (including phenoxy) is 2. The van der Waals surface area contributed by atoms with Crippen LogP contribution >= 0.6 is 0 Å². The van der Waals surface area contributed by atoms with E-state index in [9.17, 15) is 24.6 Å². The number of aliphatic carboxylic acids is 1. The molecule has 1 aromatic rings. The summed E-state index contributed by atoms with van der Waals surface area (Å²) in [6.45, 7) is 4.01. The fourth-order valence-electron chi connectivity index (χ4n) is 8.13. The lowest BCUT2D eigenvalue weighted by molar-refractivity contribution is -0.199. The van der Waals surface area contributed by atoms with Gasteiger partial charge in [0.2, 0.25) is 5.60 Å². The Balaban J connectivity index is 1.41. The number of ketones is 1. The normalized spacial score (nSPS) is 40.1. The molecule has 2 N–H and O–H groups in total. The Bertz CT molecular complexity index is 1060. The van der Waals surface area contributed by atoms with Gasteiger partial charge in [0.25, 0.3) is 0 Å². The third-order valence-corrected chi connectivity index (χ3v) is 9.82. The van der Waals surface area contributed by atoms with E-state index in [2.05, 4.69) is 6.92 Å². The SMILES string of the molecule is C[C@]12CCC(=O)C=C1CC[C@@H]1[C@H]2C(O)C[C@@]2(C)[C@H]1CCC2(OC(=O)OCc1ccccc1)C(=O)O. The molecule has 3 fully saturated rings. The first-order chi connectivity index (χ1) is 16.6. The number of aliphatic hydroxyl groups excluding tert-OH is 1. The molecule has 1 aromatic carbocycles. The summed E-state index contributed by atoms with van der Waals surface area (Å²) in [4.78, 5) is 37.5. The quantitative estimate of drug-likeness (QED) is 0.600. The van der Waals surface area contributed by atoms with E-state index in [1.54, 1.807) is 6.08 Å². The van der Waals surface area contributed by atoms with Crippen LogP contribution in [0.5, 0.6) is 0 Å². The van der Waals surface area contributed by atoms with E-state index < -0.39 is 29.2 Å². The van der Waals surface area contributed by atoms with Crippen molar-refractivity contribution in [1.82, 2.24) is 0 Å². The van der Waals surface area contributed by atoms with Crippen molar-refractivity contribution in [2.45, 2.75) is 77.1 Å². The molecule has 7 heteroatoms. The smallest absolute Gasteiger partial charge is 0.478 e. The second-order valence-corrected chi connectivity index (χ2v) is 11.4. The summed E-state index contributed by atoms with van der Waals surface area (Å²) in [6, 6.07) is 9.15. The number of hydrogen-bond donors (Lipinski definition) is 2. The Morgan fingerprint density at radius 3 is 2.54 bits per heavy atom. The molecule has 0 aromatic heterocycles. The van der Waals surface area contributed by atoms with Gasteiger partial charge in [-0.25, -0.2) is 9.59 Å². The number of benzene rings is 1. The summed E-state index contributed by atoms with van der Waals surface area (Å²) in [5, 5.41) is 21.9. The minimum atomic E-state index is -1.75. The van der Waals surface area contributed by atoms with Crippen LogP contribution in [0.3, 0.4) is 0 Å². The number of carbonyl (C=O) groups excluding carboxylic acids is 2. The van der Waals surface area contributed by atoms with Gasteiger partial charge in [0.1, 0.15) is 6.61 Å². The Morgan fingerprint density at radius 1 is 1.09 bits per heavy atom. The average Bonchev–Trinajstić information content (AvgIpc) is 3.11. The van der Waals surface area contributed by atoms with E-state index in [0.29, 0.717) is 19.3 Å². The van der Waals surface area contributed by atoms with Crippen LogP contribution < -0.4 is 0 Å². The van der Waals surface area contributed by atoms with Crippen LogP contribution in [0, 0.1) is 28.6 Å². The predicted molar refractivity (Wildman–Crippen MR) is 126 cm³/mol. The van der Waals surface area contributed by atoms with Crippen LogP contribution in [0.1, 0.15) is 64.4 Å². The highest BCUT2D eigenvalue weighted by molar-refractivity contribution is 5.91. The minimum absolute atomic E-state index is 0.00493. The van der Waals surface area contributed by atoms with Crippen molar-refractivity contribution in [2.75, 3.05) is 0 Å². The van der Waals surface area contributed by atoms with Gasteiger partial charge in [-0.2, -0.15) is 0 Å². The van der Waals surface area contributed by atoms with Crippen molar-refractivity contribution in [3.05, 3.63) is 47.5 Å². The van der Waals surface area contributed by atoms with Crippen molar-refractivity contribution in [3.63, 3.8) is 0 Å². The zero-order chi connectivity index (χ0) is 25.0. The number of hydrogen-bond acceptors (Lipinski definition) is 6. The van der Waals surface area contributed by atoms with Crippen LogP contribution in [-0.4, -0.2) is 39.8 Å². The third-order valence-electron chi connectivity index (χ3n) is 9.82. The monoisotopic (exact) mass is 482 g/mol. The highest BCUT2D eigenvalue weighted by Crippen LogP contribution is 2.68. The van der Waals surface area contributed by atoms with Crippen molar-refractivity contribution in [1.29, 1.82) is 0 Å². The van der Waals surface area contributed by atoms with Crippen molar-refractivity contribution >= 4 is 17.9 Å². The molecule has 7 nitrogen and oxygen atoms in total. The largest absolute Gasteiger partial charge is 0.509 e. The molecule has 3 saturated carbocycles. The summed E-state index contributed by atoms with van der Waals surface area (Å²) in [5.74, 6) is -0.979. The maximum absolute atomic E-state index is 12.7. The van der Waals surface area contributed by atoms with Crippen LogP contribution in [0.2, 0.25) is 0 Å². The highest BCUT2D eigenvalue weighted by Gasteiger charge is 2.71. The van der Waals surface area contributed by atoms with Crippen molar-refractivity contribution < 1.29 is 34.1 Å². The fourth-order valence-corrected chi connectivity index (χ4v) is 8.13. The molecule has 0 heterocycles. The number of allylic oxidation sites excluding steroid dienone is 1. The second-order valence-electron chi connectivity index (χ2n) is 11.4. The molecular weight excluding hydrogens is 448 g/mol. The van der Waals surface area contributed by atoms with Gasteiger partial charge in [-0.1, -0.05) is 49.8 Å². The Labute approximate surface area is 205 Å². The van der Waals surface area contributed by atoms with Crippen molar-refractivity contribution in [2.24, 2.45) is 28.6 Å². The van der Waals surface area contributed by atoms with Gasteiger partial charge in [0, 0.05) is 11.8 Å². The number of fused-ring (bicyclic) bond motifs is 5. The molecule has 5 rings (SSSR count). The van der Waals surface area contributed by atoms with E-state index in [1.165, 1.54) is 0 Å². The molecular formula is C28H34O7. The lowest BCUT2D eigenvalue weighted by atomic mass is 9.45. The molecule has 0 bridgehead atoms. The predicted octanol–water partition coefficient (Wildman–Crippen LogP) is 4.67. The molecule has 0 saturated heterocycles. The molecule has 0 spiro atoms. The molecule has 0 aliphatic heterocycles. The van der Waals surface area contributed by atoms with Crippen LogP contribution in [0.4, 0.5) is 4.79 Å². The van der Waals surface area contributed by atoms with Crippen molar-refractivity contribution in [3.8, 4) is 0 Å². The topological polar surface area (TPSA) is 110 Å². The molecule has 7 atom stereocenters. The Morgan fingerprint density at radius 2 is 1.83 bits per heavy atom. The number of aliphatic hydroxyl groups is 1. The number of carboxylic acids is 1. The standard InChI is InChI=1S/C28H34O7/c1-26-12-10-19(29)14-18(26)8-9-20-21-11-13-28(24(31)32,27(21,2)15-22(30)23(20)26)35-25(33)34-16-17-6-4-3-5-7-17/h3-7,14,20-23,30H,8-13,15-16H2,1-2H3,(H,31,32)/t20-,21-,22?,23-,26-,27-,28?/m0/s1. The second kappa shape index (κ2) is 8.47. The molecule has 188 valence electrons. The van der Waals surface area contributed by atoms with Gasteiger partial charge in [-0.15, -0.1) is 0 Å². The van der Waals surface area contributed by atoms with Crippen LogP contribution in [0.25, 0.3) is 0 Å². The number of rotatable bonds is 4. The average molecular weight is 483 g/mol. The maximum Gasteiger partial charge on any atom is 0.509 e. The van der Waals surface area contributed by atoms with E-state index in [-0.39, 0.29) is 48.4 Å². The van der Waals surface area contributed by atoms with Gasteiger partial charge in [0.05, 0.1) is 6.10 Å². The maximum atomic E-state index is 12.7. The molecule has 35 heavy (non-hydrogen) atoms. The van der Waals surface area contributed by atoms with Crippen LogP contribution in [-0.2, 0) is 25.7 Å². The van der Waals surface area contributed by atoms with E-state index in [0.717, 1.165) is 24.0 Å². The molecule has 4 aliphatic carbocycles. The lowest BCUT2D eigenvalue weighted by Gasteiger charge is -2.60. The summed E-state index contributed by atoms with van der Waals surface area (Å²) in [7, 11) is 0. The Hall–Kier alpha value is -2.67. The summed E-state index contributed by atoms with van der Waals surface area (Å²) in [5.41, 5.74) is -1.03. The Kier molecular flexibility index (Phi) is 5.82. The van der Waals surface area contributed by atoms with Gasteiger partial charge in [-0.3, -0.25) is 4.79 Å². The van der Waals surface area contributed by atoms with Gasteiger partial charge in [0.15, 0.2) is 5.78 Å². The molecule has 0 amide bonds. The number of carbonyl (C=O) groups is 3. The van der Waals surface area contributed by atoms with Gasteiger partial charge >= 0.3 is 12.1 Å². The fraction of sp³-hybridized carbons (Fsp3) is 0.607. The zero-order valence-corrected chi connectivity index (χ0v) is 20.4. The first kappa shape index (κ1) is 24.0. The van der Waals surface area contributed by atoms with Gasteiger partial charge in [-0.05, 0) is 73.3 Å². The molecule has 4 aliphatic rings. The zero-order valence-electron chi connectivity index (χ0n) is 20.4. The first-order valence-corrected chi connectivity index (χ1v) is 12.7. The van der Waals surface area contributed by atoms with E-state index >= 15 is 0 Å². The minimum Gasteiger partial charge on any atom is -0.478 e.